The Morgan fingerprint density at radius 3 is 2.52 bits per heavy atom. The number of nitrogens with one attached hydrogen (secondary N) is 1. The topological polar surface area (TPSA) is 62.3 Å². The number of rotatable bonds is 6. The highest BCUT2D eigenvalue weighted by Crippen LogP contribution is 2.18. The molecule has 1 N–H and O–H groups in total. The molecule has 0 saturated carbocycles. The molecule has 0 aliphatic heterocycles. The predicted molar refractivity (Wildman–Crippen MR) is 108 cm³/mol. The molecule has 27 heavy (non-hydrogen) atoms. The lowest BCUT2D eigenvalue weighted by atomic mass is 10.1. The number of anilines is 1. The van der Waals surface area contributed by atoms with E-state index in [-0.39, 0.29) is 18.2 Å². The number of carbonyl (C=O) groups is 2. The van der Waals surface area contributed by atoms with Crippen LogP contribution in [0, 0.1) is 0 Å². The van der Waals surface area contributed by atoms with Gasteiger partial charge in [-0.2, -0.15) is 0 Å². The average Bonchev–Trinajstić information content (AvgIpc) is 2.69. The van der Waals surface area contributed by atoms with E-state index in [4.69, 9.17) is 0 Å². The molecule has 0 bridgehead atoms. The molecule has 5 nitrogen and oxygen atoms in total. The molecule has 138 valence electrons. The van der Waals surface area contributed by atoms with Gasteiger partial charge in [0.1, 0.15) is 0 Å². The number of nitrogens with zero attached hydrogens (tertiary/aromatic N) is 2. The van der Waals surface area contributed by atoms with Gasteiger partial charge >= 0.3 is 0 Å². The molecule has 0 radical (unpaired) electrons. The second-order valence-corrected chi connectivity index (χ2v) is 6.28. The first-order valence-electron chi connectivity index (χ1n) is 9.14. The zero-order valence-electron chi connectivity index (χ0n) is 15.6. The Balaban J connectivity index is 1.74. The van der Waals surface area contributed by atoms with E-state index in [0.717, 1.165) is 16.5 Å². The maximum Gasteiger partial charge on any atom is 0.253 e. The number of hydrogen-bond acceptors (Lipinski definition) is 3. The van der Waals surface area contributed by atoms with Gasteiger partial charge in [-0.15, -0.1) is 0 Å². The molecule has 0 saturated heterocycles. The Labute approximate surface area is 159 Å². The second kappa shape index (κ2) is 8.45. The average molecular weight is 361 g/mol. The monoisotopic (exact) mass is 361 g/mol. The standard InChI is InChI=1S/C22H23N3O2/c1-3-25(4-2)22(27)18-10-6-12-19(14-18)24-20(26)15-17-9-5-8-16-11-7-13-23-21(16)17/h5-14H,3-4,15H2,1-2H3,(H,24,26). The summed E-state index contributed by atoms with van der Waals surface area (Å²) in [6, 6.07) is 16.7. The van der Waals surface area contributed by atoms with E-state index in [1.54, 1.807) is 35.4 Å². The van der Waals surface area contributed by atoms with Gasteiger partial charge in [0, 0.05) is 35.9 Å². The summed E-state index contributed by atoms with van der Waals surface area (Å²) in [7, 11) is 0. The van der Waals surface area contributed by atoms with Crippen LogP contribution in [0.25, 0.3) is 10.9 Å². The first-order chi connectivity index (χ1) is 13.1. The van der Waals surface area contributed by atoms with Gasteiger partial charge in [0.05, 0.1) is 11.9 Å². The number of hydrogen-bond donors (Lipinski definition) is 1. The molecule has 3 rings (SSSR count). The van der Waals surface area contributed by atoms with Crippen LogP contribution < -0.4 is 5.32 Å². The van der Waals surface area contributed by atoms with Crippen molar-refractivity contribution >= 4 is 28.4 Å². The van der Waals surface area contributed by atoms with Crippen molar-refractivity contribution in [1.29, 1.82) is 0 Å². The first kappa shape index (κ1) is 18.6. The van der Waals surface area contributed by atoms with E-state index in [1.165, 1.54) is 0 Å². The highest BCUT2D eigenvalue weighted by Gasteiger charge is 2.14. The molecule has 0 aliphatic rings. The molecule has 0 atom stereocenters. The highest BCUT2D eigenvalue weighted by molar-refractivity contribution is 5.98. The summed E-state index contributed by atoms with van der Waals surface area (Å²) in [5, 5.41) is 3.90. The summed E-state index contributed by atoms with van der Waals surface area (Å²) in [4.78, 5) is 31.1. The van der Waals surface area contributed by atoms with Crippen molar-refractivity contribution < 1.29 is 9.59 Å². The van der Waals surface area contributed by atoms with Crippen molar-refractivity contribution in [2.45, 2.75) is 20.3 Å². The molecule has 1 aromatic heterocycles. The summed E-state index contributed by atoms with van der Waals surface area (Å²) >= 11 is 0. The number of benzene rings is 2. The summed E-state index contributed by atoms with van der Waals surface area (Å²) in [5.41, 5.74) is 2.90. The number of carbonyl (C=O) groups excluding carboxylic acids is 2. The van der Waals surface area contributed by atoms with E-state index in [2.05, 4.69) is 10.3 Å². The normalized spacial score (nSPS) is 10.6. The van der Waals surface area contributed by atoms with E-state index < -0.39 is 0 Å². The lowest BCUT2D eigenvalue weighted by Crippen LogP contribution is -2.30. The Morgan fingerprint density at radius 2 is 1.74 bits per heavy atom. The molecule has 2 amide bonds. The minimum absolute atomic E-state index is 0.0330. The van der Waals surface area contributed by atoms with Gasteiger partial charge in [-0.3, -0.25) is 14.6 Å². The molecule has 0 fully saturated rings. The number of para-hydroxylation sites is 1. The Hall–Kier alpha value is -3.21. The highest BCUT2D eigenvalue weighted by atomic mass is 16.2. The summed E-state index contributed by atoms with van der Waals surface area (Å²) in [6.45, 7) is 5.20. The zero-order chi connectivity index (χ0) is 19.2. The minimum Gasteiger partial charge on any atom is -0.339 e. The lowest BCUT2D eigenvalue weighted by molar-refractivity contribution is -0.115. The van der Waals surface area contributed by atoms with E-state index >= 15 is 0 Å². The Morgan fingerprint density at radius 1 is 1.00 bits per heavy atom. The van der Waals surface area contributed by atoms with Gasteiger partial charge in [-0.05, 0) is 43.7 Å². The van der Waals surface area contributed by atoms with Crippen molar-refractivity contribution in [2.24, 2.45) is 0 Å². The predicted octanol–water partition coefficient (Wildman–Crippen LogP) is 3.90. The molecular weight excluding hydrogens is 338 g/mol. The fourth-order valence-electron chi connectivity index (χ4n) is 3.11. The fourth-order valence-corrected chi connectivity index (χ4v) is 3.11. The third kappa shape index (κ3) is 4.31. The van der Waals surface area contributed by atoms with Crippen LogP contribution in [-0.2, 0) is 11.2 Å². The quantitative estimate of drug-likeness (QED) is 0.724. The Kier molecular flexibility index (Phi) is 5.81. The van der Waals surface area contributed by atoms with Gasteiger partial charge in [0.2, 0.25) is 5.91 Å². The van der Waals surface area contributed by atoms with Crippen molar-refractivity contribution in [3.8, 4) is 0 Å². The molecule has 0 unspecified atom stereocenters. The van der Waals surface area contributed by atoms with Crippen molar-refractivity contribution in [2.75, 3.05) is 18.4 Å². The summed E-state index contributed by atoms with van der Waals surface area (Å²) in [6.07, 6.45) is 1.95. The number of amides is 2. The lowest BCUT2D eigenvalue weighted by Gasteiger charge is -2.19. The van der Waals surface area contributed by atoms with Gasteiger partial charge in [0.25, 0.3) is 5.91 Å². The van der Waals surface area contributed by atoms with Crippen LogP contribution in [0.15, 0.2) is 60.8 Å². The minimum atomic E-state index is -0.138. The van der Waals surface area contributed by atoms with Gasteiger partial charge < -0.3 is 10.2 Å². The van der Waals surface area contributed by atoms with Crippen molar-refractivity contribution in [3.63, 3.8) is 0 Å². The van der Waals surface area contributed by atoms with E-state index in [0.29, 0.717) is 24.3 Å². The van der Waals surface area contributed by atoms with Crippen LogP contribution in [0.3, 0.4) is 0 Å². The van der Waals surface area contributed by atoms with Crippen molar-refractivity contribution in [1.82, 2.24) is 9.88 Å². The molecule has 2 aromatic carbocycles. The fraction of sp³-hybridized carbons (Fsp3) is 0.227. The van der Waals surface area contributed by atoms with Gasteiger partial charge in [-0.1, -0.05) is 30.3 Å². The van der Waals surface area contributed by atoms with Gasteiger partial charge in [-0.25, -0.2) is 0 Å². The largest absolute Gasteiger partial charge is 0.339 e. The van der Waals surface area contributed by atoms with Crippen LogP contribution in [0.4, 0.5) is 5.69 Å². The smallest absolute Gasteiger partial charge is 0.253 e. The molecule has 0 spiro atoms. The van der Waals surface area contributed by atoms with Crippen molar-refractivity contribution in [3.05, 3.63) is 71.9 Å². The molecular formula is C22H23N3O2. The summed E-state index contributed by atoms with van der Waals surface area (Å²) in [5.74, 6) is -0.171. The molecule has 3 aromatic rings. The van der Waals surface area contributed by atoms with Crippen LogP contribution in [0.1, 0.15) is 29.8 Å². The first-order valence-corrected chi connectivity index (χ1v) is 9.14. The maximum absolute atomic E-state index is 12.5. The SMILES string of the molecule is CCN(CC)C(=O)c1cccc(NC(=O)Cc2cccc3cccnc23)c1. The van der Waals surface area contributed by atoms with E-state index in [9.17, 15) is 9.59 Å². The molecule has 5 heteroatoms. The number of pyridine rings is 1. The maximum atomic E-state index is 12.5. The van der Waals surface area contributed by atoms with Crippen LogP contribution in [0.2, 0.25) is 0 Å². The number of fused-ring (bicyclic) bond motifs is 1. The van der Waals surface area contributed by atoms with Crippen LogP contribution >= 0.6 is 0 Å². The zero-order valence-corrected chi connectivity index (χ0v) is 15.6. The molecule has 1 heterocycles. The van der Waals surface area contributed by atoms with Crippen LogP contribution in [0.5, 0.6) is 0 Å². The van der Waals surface area contributed by atoms with Gasteiger partial charge in [0.15, 0.2) is 0 Å². The third-order valence-electron chi connectivity index (χ3n) is 4.51. The Bertz CT molecular complexity index is 959. The van der Waals surface area contributed by atoms with Crippen LogP contribution in [-0.4, -0.2) is 34.8 Å². The third-order valence-corrected chi connectivity index (χ3v) is 4.51. The second-order valence-electron chi connectivity index (χ2n) is 6.28. The molecule has 0 aliphatic carbocycles. The van der Waals surface area contributed by atoms with E-state index in [1.807, 2.05) is 44.2 Å². The summed E-state index contributed by atoms with van der Waals surface area (Å²) < 4.78 is 0. The number of aromatic nitrogens is 1.